The number of amides is 2. The lowest BCUT2D eigenvalue weighted by Gasteiger charge is -2.19. The summed E-state index contributed by atoms with van der Waals surface area (Å²) in [6.07, 6.45) is 0. The van der Waals surface area contributed by atoms with Crippen molar-refractivity contribution in [2.45, 2.75) is 6.92 Å². The van der Waals surface area contributed by atoms with E-state index in [9.17, 15) is 9.59 Å². The summed E-state index contributed by atoms with van der Waals surface area (Å²) in [5, 5.41) is 11.7. The summed E-state index contributed by atoms with van der Waals surface area (Å²) in [6.45, 7) is 3.32. The number of anilines is 1. The number of rotatable bonds is 6. The Morgan fingerprint density at radius 3 is 2.75 bits per heavy atom. The fraction of sp³-hybridized carbons (Fsp3) is 0.385. The molecule has 0 heterocycles. The average molecular weight is 345 g/mol. The molecule has 1 aromatic carbocycles. The number of likely N-dealkylation sites (N-methyl/N-ethyl adjacent to an activating group) is 1. The Bertz CT molecular complexity index is 493. The third-order valence-electron chi connectivity index (χ3n) is 2.60. The second-order valence-corrected chi connectivity index (χ2v) is 4.87. The molecule has 110 valence electrons. The number of para-hydroxylation sites is 1. The molecule has 0 aromatic heterocycles. The molecule has 0 spiro atoms. The van der Waals surface area contributed by atoms with Crippen LogP contribution in [0.4, 0.5) is 10.5 Å². The van der Waals surface area contributed by atoms with Gasteiger partial charge in [-0.3, -0.25) is 0 Å². The summed E-state index contributed by atoms with van der Waals surface area (Å²) in [5.41, 5.74) is 0.277. The summed E-state index contributed by atoms with van der Waals surface area (Å²) < 4.78 is 5.68. The van der Waals surface area contributed by atoms with Crippen molar-refractivity contribution in [3.8, 4) is 0 Å². The van der Waals surface area contributed by atoms with Gasteiger partial charge in [0.1, 0.15) is 0 Å². The highest BCUT2D eigenvalue weighted by molar-refractivity contribution is 9.10. The van der Waals surface area contributed by atoms with Gasteiger partial charge in [-0.25, -0.2) is 9.59 Å². The number of benzene rings is 1. The number of hydrogen-bond donors (Lipinski definition) is 2. The van der Waals surface area contributed by atoms with E-state index in [0.717, 1.165) is 0 Å². The van der Waals surface area contributed by atoms with E-state index in [2.05, 4.69) is 21.2 Å². The number of carboxylic acids is 1. The van der Waals surface area contributed by atoms with Crippen molar-refractivity contribution in [3.63, 3.8) is 0 Å². The zero-order chi connectivity index (χ0) is 15.1. The first-order chi connectivity index (χ1) is 9.47. The van der Waals surface area contributed by atoms with E-state index in [4.69, 9.17) is 9.84 Å². The summed E-state index contributed by atoms with van der Waals surface area (Å²) in [5.74, 6) is -1.10. The third kappa shape index (κ3) is 4.50. The van der Waals surface area contributed by atoms with Crippen LogP contribution in [0.3, 0.4) is 0 Å². The molecule has 0 aliphatic rings. The minimum Gasteiger partial charge on any atom is -0.478 e. The zero-order valence-electron chi connectivity index (χ0n) is 11.4. The second kappa shape index (κ2) is 7.86. The number of urea groups is 1. The fourth-order valence-electron chi connectivity index (χ4n) is 1.48. The molecule has 0 radical (unpaired) electrons. The maximum absolute atomic E-state index is 12.0. The van der Waals surface area contributed by atoms with Gasteiger partial charge in [-0.1, -0.05) is 6.07 Å². The van der Waals surface area contributed by atoms with Gasteiger partial charge in [-0.2, -0.15) is 0 Å². The second-order valence-electron chi connectivity index (χ2n) is 4.02. The van der Waals surface area contributed by atoms with Gasteiger partial charge in [0.2, 0.25) is 0 Å². The third-order valence-corrected chi connectivity index (χ3v) is 3.26. The van der Waals surface area contributed by atoms with Crippen LogP contribution >= 0.6 is 15.9 Å². The van der Waals surface area contributed by atoms with E-state index in [1.165, 1.54) is 11.0 Å². The van der Waals surface area contributed by atoms with Crippen LogP contribution in [-0.4, -0.2) is 48.8 Å². The monoisotopic (exact) mass is 344 g/mol. The van der Waals surface area contributed by atoms with Gasteiger partial charge in [0.15, 0.2) is 0 Å². The van der Waals surface area contributed by atoms with E-state index in [-0.39, 0.29) is 17.3 Å². The summed E-state index contributed by atoms with van der Waals surface area (Å²) >= 11 is 3.24. The van der Waals surface area contributed by atoms with Crippen molar-refractivity contribution in [3.05, 3.63) is 28.2 Å². The highest BCUT2D eigenvalue weighted by Crippen LogP contribution is 2.26. The minimum absolute atomic E-state index is 0.0333. The van der Waals surface area contributed by atoms with E-state index in [0.29, 0.717) is 24.2 Å². The molecule has 0 fully saturated rings. The first kappa shape index (κ1) is 16.5. The van der Waals surface area contributed by atoms with Gasteiger partial charge >= 0.3 is 12.0 Å². The Balaban J connectivity index is 2.77. The van der Waals surface area contributed by atoms with Crippen molar-refractivity contribution < 1.29 is 19.4 Å². The first-order valence-corrected chi connectivity index (χ1v) is 6.88. The highest BCUT2D eigenvalue weighted by Gasteiger charge is 2.17. The molecule has 7 heteroatoms. The number of halogens is 1. The van der Waals surface area contributed by atoms with Gasteiger partial charge in [0.05, 0.1) is 17.9 Å². The molecule has 0 bridgehead atoms. The SMILES string of the molecule is CCOCCN(C)C(=O)Nc1c(Br)cccc1C(=O)O. The molecule has 1 rings (SSSR count). The van der Waals surface area contributed by atoms with Crippen molar-refractivity contribution in [1.82, 2.24) is 4.90 Å². The number of nitrogens with zero attached hydrogens (tertiary/aromatic N) is 1. The van der Waals surface area contributed by atoms with Gasteiger partial charge in [0.25, 0.3) is 0 Å². The molecule has 2 N–H and O–H groups in total. The highest BCUT2D eigenvalue weighted by atomic mass is 79.9. The largest absolute Gasteiger partial charge is 0.478 e. The molecule has 2 amide bonds. The normalized spacial score (nSPS) is 10.2. The lowest BCUT2D eigenvalue weighted by Crippen LogP contribution is -2.34. The molecule has 0 aliphatic carbocycles. The molecule has 0 atom stereocenters. The number of aromatic carboxylic acids is 1. The Morgan fingerprint density at radius 2 is 2.15 bits per heavy atom. The van der Waals surface area contributed by atoms with Crippen LogP contribution in [0.15, 0.2) is 22.7 Å². The zero-order valence-corrected chi connectivity index (χ0v) is 12.9. The van der Waals surface area contributed by atoms with E-state index in [1.807, 2.05) is 6.92 Å². The topological polar surface area (TPSA) is 78.9 Å². The van der Waals surface area contributed by atoms with E-state index >= 15 is 0 Å². The van der Waals surface area contributed by atoms with Crippen molar-refractivity contribution in [2.75, 3.05) is 32.1 Å². The van der Waals surface area contributed by atoms with Gasteiger partial charge < -0.3 is 20.1 Å². The van der Waals surface area contributed by atoms with Crippen LogP contribution in [0.25, 0.3) is 0 Å². The van der Waals surface area contributed by atoms with Crippen LogP contribution in [0.2, 0.25) is 0 Å². The molecule has 0 saturated carbocycles. The quantitative estimate of drug-likeness (QED) is 0.777. The summed E-state index contributed by atoms with van der Waals surface area (Å²) in [4.78, 5) is 24.5. The minimum atomic E-state index is -1.10. The van der Waals surface area contributed by atoms with Crippen LogP contribution < -0.4 is 5.32 Å². The Morgan fingerprint density at radius 1 is 1.45 bits per heavy atom. The number of carboxylic acid groups (broad SMARTS) is 1. The van der Waals surface area contributed by atoms with Gasteiger partial charge in [0, 0.05) is 24.7 Å². The van der Waals surface area contributed by atoms with Crippen molar-refractivity contribution in [2.24, 2.45) is 0 Å². The Labute approximate surface area is 125 Å². The number of carbonyl (C=O) groups excluding carboxylic acids is 1. The number of ether oxygens (including phenoxy) is 1. The maximum Gasteiger partial charge on any atom is 0.337 e. The van der Waals surface area contributed by atoms with E-state index in [1.54, 1.807) is 19.2 Å². The molecule has 0 unspecified atom stereocenters. The summed E-state index contributed by atoms with van der Waals surface area (Å²) in [6, 6.07) is 4.31. The van der Waals surface area contributed by atoms with Crippen molar-refractivity contribution >= 4 is 33.6 Å². The van der Waals surface area contributed by atoms with Gasteiger partial charge in [-0.05, 0) is 35.0 Å². The molecule has 20 heavy (non-hydrogen) atoms. The molecule has 0 aliphatic heterocycles. The molecular weight excluding hydrogens is 328 g/mol. The number of hydrogen-bond acceptors (Lipinski definition) is 3. The molecular formula is C13H17BrN2O4. The predicted molar refractivity (Wildman–Crippen MR) is 79.2 cm³/mol. The molecule has 6 nitrogen and oxygen atoms in total. The smallest absolute Gasteiger partial charge is 0.337 e. The number of carbonyl (C=O) groups is 2. The lowest BCUT2D eigenvalue weighted by atomic mass is 10.2. The maximum atomic E-state index is 12.0. The van der Waals surface area contributed by atoms with Gasteiger partial charge in [-0.15, -0.1) is 0 Å². The predicted octanol–water partition coefficient (Wildman–Crippen LogP) is 2.65. The standard InChI is InChI=1S/C13H17BrN2O4/c1-3-20-8-7-16(2)13(19)15-11-9(12(17)18)5-4-6-10(11)14/h4-6H,3,7-8H2,1-2H3,(H,15,19)(H,17,18). The van der Waals surface area contributed by atoms with Crippen molar-refractivity contribution in [1.29, 1.82) is 0 Å². The van der Waals surface area contributed by atoms with E-state index < -0.39 is 5.97 Å². The van der Waals surface area contributed by atoms with Crippen LogP contribution in [0.1, 0.15) is 17.3 Å². The molecule has 0 saturated heterocycles. The first-order valence-electron chi connectivity index (χ1n) is 6.09. The Kier molecular flexibility index (Phi) is 6.47. The summed E-state index contributed by atoms with van der Waals surface area (Å²) in [7, 11) is 1.62. The fourth-order valence-corrected chi connectivity index (χ4v) is 1.94. The number of nitrogens with one attached hydrogen (secondary N) is 1. The van der Waals surface area contributed by atoms with Crippen LogP contribution in [0.5, 0.6) is 0 Å². The average Bonchev–Trinajstić information content (AvgIpc) is 2.40. The molecule has 1 aromatic rings. The Hall–Kier alpha value is -1.60. The van der Waals surface area contributed by atoms with Crippen LogP contribution in [0, 0.1) is 0 Å². The lowest BCUT2D eigenvalue weighted by molar-refractivity contribution is 0.0698. The van der Waals surface area contributed by atoms with Crippen LogP contribution in [-0.2, 0) is 4.74 Å².